The first-order valence-corrected chi connectivity index (χ1v) is 9.65. The monoisotopic (exact) mass is 556 g/mol. The van der Waals surface area contributed by atoms with E-state index in [2.05, 4.69) is 15.6 Å². The average molecular weight is 556 g/mol. The number of hydrogen-bond donors (Lipinski definition) is 2. The zero-order chi connectivity index (χ0) is 22.3. The predicted molar refractivity (Wildman–Crippen MR) is 124 cm³/mol. The number of benzene rings is 1. The smallest absolute Gasteiger partial charge is 0.406 e. The number of amides is 1. The summed E-state index contributed by atoms with van der Waals surface area (Å²) in [7, 11) is 1.10. The standard InChI is InChI=1S/C20H27F3N4O3.HI/c1-5-24-19(25-11-17(28)27(4)12-20(21,22)23)26-13(3)16-10-14-8-7-9-15(29-6-2)18(14)30-16;/h7-10,13H,5-6,11-12H2,1-4H3,(H2,24,25,26);1H. The molecule has 1 aromatic carbocycles. The van der Waals surface area contributed by atoms with E-state index in [-0.39, 0.29) is 30.0 Å². The Morgan fingerprint density at radius 1 is 1.32 bits per heavy atom. The Morgan fingerprint density at radius 3 is 2.65 bits per heavy atom. The van der Waals surface area contributed by atoms with Crippen LogP contribution in [0.3, 0.4) is 0 Å². The molecule has 0 bridgehead atoms. The van der Waals surface area contributed by atoms with Gasteiger partial charge in [0.15, 0.2) is 17.3 Å². The second kappa shape index (κ2) is 12.0. The molecule has 0 radical (unpaired) electrons. The number of carbonyl (C=O) groups is 1. The number of hydrogen-bond acceptors (Lipinski definition) is 4. The molecule has 11 heteroatoms. The van der Waals surface area contributed by atoms with Crippen molar-refractivity contribution in [1.29, 1.82) is 0 Å². The molecule has 0 aliphatic rings. The highest BCUT2D eigenvalue weighted by Gasteiger charge is 2.31. The molecule has 1 atom stereocenters. The van der Waals surface area contributed by atoms with Gasteiger partial charge in [-0.05, 0) is 32.9 Å². The molecule has 7 nitrogen and oxygen atoms in total. The molecule has 2 rings (SSSR count). The van der Waals surface area contributed by atoms with Crippen molar-refractivity contribution in [2.45, 2.75) is 33.0 Å². The number of para-hydroxylation sites is 1. The number of carbonyl (C=O) groups excluding carboxylic acids is 1. The number of nitrogens with one attached hydrogen (secondary N) is 2. The lowest BCUT2D eigenvalue weighted by atomic mass is 10.2. The normalized spacial score (nSPS) is 12.8. The van der Waals surface area contributed by atoms with Crippen LogP contribution in [0.25, 0.3) is 11.0 Å². The fraction of sp³-hybridized carbons (Fsp3) is 0.500. The van der Waals surface area contributed by atoms with E-state index >= 15 is 0 Å². The number of nitrogens with zero attached hydrogens (tertiary/aromatic N) is 2. The number of guanidine groups is 1. The van der Waals surface area contributed by atoms with Gasteiger partial charge in [-0.3, -0.25) is 4.79 Å². The number of aliphatic imine (C=N–C) groups is 1. The van der Waals surface area contributed by atoms with Gasteiger partial charge < -0.3 is 24.7 Å². The minimum atomic E-state index is -4.45. The van der Waals surface area contributed by atoms with Crippen molar-refractivity contribution in [2.24, 2.45) is 4.99 Å². The Bertz CT molecular complexity index is 886. The Hall–Kier alpha value is -2.18. The van der Waals surface area contributed by atoms with Crippen molar-refractivity contribution >= 4 is 46.8 Å². The maximum Gasteiger partial charge on any atom is 0.406 e. The summed E-state index contributed by atoms with van der Waals surface area (Å²) in [5.41, 5.74) is 0.633. The van der Waals surface area contributed by atoms with E-state index in [4.69, 9.17) is 9.15 Å². The van der Waals surface area contributed by atoms with Crippen molar-refractivity contribution in [1.82, 2.24) is 15.5 Å². The second-order valence-corrected chi connectivity index (χ2v) is 6.68. The van der Waals surface area contributed by atoms with Gasteiger partial charge in [-0.15, -0.1) is 24.0 Å². The van der Waals surface area contributed by atoms with Crippen molar-refractivity contribution in [3.05, 3.63) is 30.0 Å². The molecule has 0 aliphatic carbocycles. The molecule has 1 heterocycles. The van der Waals surface area contributed by atoms with E-state index in [0.29, 0.717) is 41.1 Å². The first-order chi connectivity index (χ1) is 14.1. The van der Waals surface area contributed by atoms with Crippen molar-refractivity contribution in [3.63, 3.8) is 0 Å². The zero-order valence-corrected chi connectivity index (χ0v) is 20.2. The average Bonchev–Trinajstić information content (AvgIpc) is 3.10. The van der Waals surface area contributed by atoms with Crippen LogP contribution in [-0.2, 0) is 4.79 Å². The summed E-state index contributed by atoms with van der Waals surface area (Å²) < 4.78 is 48.8. The van der Waals surface area contributed by atoms with Crippen LogP contribution in [-0.4, -0.2) is 56.2 Å². The molecule has 0 fully saturated rings. The van der Waals surface area contributed by atoms with Crippen LogP contribution in [0.5, 0.6) is 5.75 Å². The highest BCUT2D eigenvalue weighted by atomic mass is 127. The van der Waals surface area contributed by atoms with Crippen LogP contribution in [0.1, 0.15) is 32.6 Å². The van der Waals surface area contributed by atoms with Gasteiger partial charge in [-0.1, -0.05) is 12.1 Å². The van der Waals surface area contributed by atoms with Gasteiger partial charge >= 0.3 is 6.18 Å². The van der Waals surface area contributed by atoms with Crippen molar-refractivity contribution < 1.29 is 27.1 Å². The van der Waals surface area contributed by atoms with Crippen LogP contribution in [0.2, 0.25) is 0 Å². The molecule has 0 saturated carbocycles. The van der Waals surface area contributed by atoms with Crippen LogP contribution in [0.4, 0.5) is 13.2 Å². The molecular formula is C20H28F3IN4O3. The van der Waals surface area contributed by atoms with Crippen molar-refractivity contribution in [3.8, 4) is 5.75 Å². The van der Waals surface area contributed by atoms with Gasteiger partial charge in [0.05, 0.1) is 12.6 Å². The van der Waals surface area contributed by atoms with Gasteiger partial charge in [0.25, 0.3) is 0 Å². The maximum atomic E-state index is 12.4. The lowest BCUT2D eigenvalue weighted by molar-refractivity contribution is -0.157. The topological polar surface area (TPSA) is 79.1 Å². The summed E-state index contributed by atoms with van der Waals surface area (Å²) in [4.78, 5) is 16.6. The van der Waals surface area contributed by atoms with E-state index in [9.17, 15) is 18.0 Å². The molecule has 174 valence electrons. The molecule has 0 aliphatic heterocycles. The molecule has 2 aromatic rings. The third-order valence-electron chi connectivity index (χ3n) is 4.17. The minimum absolute atomic E-state index is 0. The molecule has 1 unspecified atom stereocenters. The van der Waals surface area contributed by atoms with Crippen LogP contribution in [0.15, 0.2) is 33.7 Å². The third kappa shape index (κ3) is 8.11. The van der Waals surface area contributed by atoms with Crippen LogP contribution in [0, 0.1) is 0 Å². The molecule has 1 amide bonds. The number of furan rings is 1. The van der Waals surface area contributed by atoms with E-state index < -0.39 is 25.2 Å². The third-order valence-corrected chi connectivity index (χ3v) is 4.17. The predicted octanol–water partition coefficient (Wildman–Crippen LogP) is 4.09. The number of alkyl halides is 3. The summed E-state index contributed by atoms with van der Waals surface area (Å²) in [6.45, 7) is 4.87. The van der Waals surface area contributed by atoms with Gasteiger partial charge in [-0.25, -0.2) is 4.99 Å². The van der Waals surface area contributed by atoms with Gasteiger partial charge in [0, 0.05) is 19.0 Å². The van der Waals surface area contributed by atoms with Gasteiger partial charge in [0.1, 0.15) is 18.8 Å². The largest absolute Gasteiger partial charge is 0.490 e. The first kappa shape index (κ1) is 26.9. The van der Waals surface area contributed by atoms with Gasteiger partial charge in [-0.2, -0.15) is 13.2 Å². The van der Waals surface area contributed by atoms with E-state index in [0.717, 1.165) is 12.4 Å². The van der Waals surface area contributed by atoms with Crippen LogP contribution < -0.4 is 15.4 Å². The maximum absolute atomic E-state index is 12.4. The fourth-order valence-corrected chi connectivity index (χ4v) is 2.76. The summed E-state index contributed by atoms with van der Waals surface area (Å²) >= 11 is 0. The number of fused-ring (bicyclic) bond motifs is 1. The highest BCUT2D eigenvalue weighted by molar-refractivity contribution is 14.0. The number of rotatable bonds is 8. The molecule has 1 aromatic heterocycles. The molecule has 0 spiro atoms. The van der Waals surface area contributed by atoms with E-state index in [1.807, 2.05) is 45.0 Å². The van der Waals surface area contributed by atoms with Crippen molar-refractivity contribution in [2.75, 3.05) is 33.3 Å². The Kier molecular flexibility index (Phi) is 10.4. The summed E-state index contributed by atoms with van der Waals surface area (Å²) in [5.74, 6) is 0.835. The summed E-state index contributed by atoms with van der Waals surface area (Å²) in [6, 6.07) is 7.17. The summed E-state index contributed by atoms with van der Waals surface area (Å²) in [6.07, 6.45) is -4.45. The zero-order valence-electron chi connectivity index (χ0n) is 17.9. The Labute approximate surface area is 196 Å². The SMILES string of the molecule is CCNC(=NCC(=O)N(C)CC(F)(F)F)NC(C)c1cc2cccc(OCC)c2o1.I. The summed E-state index contributed by atoms with van der Waals surface area (Å²) in [5, 5.41) is 6.96. The Balaban J connectivity index is 0.00000480. The number of halogens is 4. The minimum Gasteiger partial charge on any atom is -0.490 e. The van der Waals surface area contributed by atoms with Crippen LogP contribution >= 0.6 is 24.0 Å². The Morgan fingerprint density at radius 2 is 2.03 bits per heavy atom. The molecule has 2 N–H and O–H groups in total. The lowest BCUT2D eigenvalue weighted by Gasteiger charge is -2.19. The van der Waals surface area contributed by atoms with E-state index in [1.54, 1.807) is 0 Å². The molecule has 0 saturated heterocycles. The quantitative estimate of drug-likeness (QED) is 0.291. The lowest BCUT2D eigenvalue weighted by Crippen LogP contribution is -2.41. The fourth-order valence-electron chi connectivity index (χ4n) is 2.76. The highest BCUT2D eigenvalue weighted by Crippen LogP contribution is 2.31. The van der Waals surface area contributed by atoms with Gasteiger partial charge in [0.2, 0.25) is 5.91 Å². The second-order valence-electron chi connectivity index (χ2n) is 6.68. The first-order valence-electron chi connectivity index (χ1n) is 9.65. The number of likely N-dealkylation sites (N-methyl/N-ethyl adjacent to an activating group) is 1. The molecular weight excluding hydrogens is 528 g/mol. The van der Waals surface area contributed by atoms with E-state index in [1.165, 1.54) is 0 Å². The molecule has 31 heavy (non-hydrogen) atoms. The number of ether oxygens (including phenoxy) is 1.